The van der Waals surface area contributed by atoms with Crippen LogP contribution in [0, 0.1) is 22.7 Å². The van der Waals surface area contributed by atoms with Gasteiger partial charge in [0.05, 0.1) is 25.0 Å². The van der Waals surface area contributed by atoms with E-state index in [2.05, 4.69) is 0 Å². The van der Waals surface area contributed by atoms with Crippen molar-refractivity contribution in [1.29, 1.82) is 10.5 Å². The Kier molecular flexibility index (Phi) is 6.27. The quantitative estimate of drug-likeness (QED) is 0.633. The Morgan fingerprint density at radius 1 is 1.23 bits per heavy atom. The highest BCUT2D eigenvalue weighted by atomic mass is 16.2. The van der Waals surface area contributed by atoms with E-state index >= 15 is 0 Å². The van der Waals surface area contributed by atoms with Gasteiger partial charge in [-0.25, -0.2) is 0 Å². The molecule has 0 rings (SSSR count). The maximum atomic E-state index is 11.2. The van der Waals surface area contributed by atoms with Crippen LogP contribution < -0.4 is 0 Å². The molecule has 0 aliphatic heterocycles. The number of amides is 1. The number of hydrogen-bond donors (Lipinski definition) is 0. The Hall–Kier alpha value is -1.55. The summed E-state index contributed by atoms with van der Waals surface area (Å²) in [5.41, 5.74) is 0. The molecule has 0 saturated heterocycles. The molecule has 0 heterocycles. The Morgan fingerprint density at radius 3 is 2.00 bits per heavy atom. The third kappa shape index (κ3) is 4.81. The summed E-state index contributed by atoms with van der Waals surface area (Å²) in [6.07, 6.45) is 1.09. The van der Waals surface area contributed by atoms with Gasteiger partial charge in [0.25, 0.3) is 0 Å². The molecule has 0 aliphatic carbocycles. The SMILES string of the molecule is CCC(=O)N(CCC#N)CCC#N. The summed E-state index contributed by atoms with van der Waals surface area (Å²) in [7, 11) is 0. The van der Waals surface area contributed by atoms with E-state index in [-0.39, 0.29) is 5.91 Å². The van der Waals surface area contributed by atoms with Crippen molar-refractivity contribution >= 4 is 5.91 Å². The largest absolute Gasteiger partial charge is 0.341 e. The lowest BCUT2D eigenvalue weighted by atomic mass is 10.3. The number of nitrogens with zero attached hydrogens (tertiary/aromatic N) is 3. The number of rotatable bonds is 5. The Balaban J connectivity index is 3.97. The van der Waals surface area contributed by atoms with E-state index in [4.69, 9.17) is 10.5 Å². The first kappa shape index (κ1) is 11.4. The third-order valence-electron chi connectivity index (χ3n) is 1.64. The zero-order chi connectivity index (χ0) is 10.1. The van der Waals surface area contributed by atoms with Gasteiger partial charge in [-0.05, 0) is 0 Å². The Bertz CT molecular complexity index is 218. The summed E-state index contributed by atoms with van der Waals surface area (Å²) < 4.78 is 0. The lowest BCUT2D eigenvalue weighted by molar-refractivity contribution is -0.130. The van der Waals surface area contributed by atoms with E-state index in [0.29, 0.717) is 32.4 Å². The normalized spacial score (nSPS) is 8.54. The second-order valence-electron chi connectivity index (χ2n) is 2.55. The smallest absolute Gasteiger partial charge is 0.222 e. The maximum Gasteiger partial charge on any atom is 0.222 e. The van der Waals surface area contributed by atoms with Crippen molar-refractivity contribution in [2.24, 2.45) is 0 Å². The molecule has 0 spiro atoms. The van der Waals surface area contributed by atoms with Crippen LogP contribution in [0.3, 0.4) is 0 Å². The summed E-state index contributed by atoms with van der Waals surface area (Å²) in [4.78, 5) is 12.8. The molecule has 0 unspecified atom stereocenters. The van der Waals surface area contributed by atoms with Gasteiger partial charge in [0.1, 0.15) is 0 Å². The summed E-state index contributed by atoms with van der Waals surface area (Å²) in [6.45, 7) is 2.64. The summed E-state index contributed by atoms with van der Waals surface area (Å²) in [5, 5.41) is 16.7. The highest BCUT2D eigenvalue weighted by molar-refractivity contribution is 5.75. The second-order valence-corrected chi connectivity index (χ2v) is 2.55. The Labute approximate surface area is 78.4 Å². The van der Waals surface area contributed by atoms with Crippen molar-refractivity contribution in [1.82, 2.24) is 4.90 Å². The molecule has 0 aromatic heterocycles. The van der Waals surface area contributed by atoms with Crippen LogP contribution in [0.5, 0.6) is 0 Å². The lowest BCUT2D eigenvalue weighted by Gasteiger charge is -2.19. The van der Waals surface area contributed by atoms with E-state index in [0.717, 1.165) is 0 Å². The third-order valence-corrected chi connectivity index (χ3v) is 1.64. The van der Waals surface area contributed by atoms with Crippen molar-refractivity contribution in [2.45, 2.75) is 26.2 Å². The molecule has 0 aromatic carbocycles. The van der Waals surface area contributed by atoms with E-state index in [1.807, 2.05) is 12.1 Å². The van der Waals surface area contributed by atoms with Gasteiger partial charge in [-0.3, -0.25) is 4.79 Å². The first-order chi connectivity index (χ1) is 6.26. The van der Waals surface area contributed by atoms with Crippen LogP contribution in [0.4, 0.5) is 0 Å². The zero-order valence-corrected chi connectivity index (χ0v) is 7.79. The number of nitriles is 2. The first-order valence-electron chi connectivity index (χ1n) is 4.28. The minimum Gasteiger partial charge on any atom is -0.341 e. The fourth-order valence-corrected chi connectivity index (χ4v) is 0.955. The predicted octanol–water partition coefficient (Wildman–Crippen LogP) is 1.05. The highest BCUT2D eigenvalue weighted by Crippen LogP contribution is 1.97. The van der Waals surface area contributed by atoms with Crippen LogP contribution in [0.1, 0.15) is 26.2 Å². The Morgan fingerprint density at radius 2 is 1.69 bits per heavy atom. The van der Waals surface area contributed by atoms with Crippen molar-refractivity contribution in [3.63, 3.8) is 0 Å². The van der Waals surface area contributed by atoms with E-state index in [1.165, 1.54) is 0 Å². The van der Waals surface area contributed by atoms with Crippen LogP contribution in [-0.4, -0.2) is 23.9 Å². The summed E-state index contributed by atoms with van der Waals surface area (Å²) in [6, 6.07) is 3.95. The maximum absolute atomic E-state index is 11.2. The predicted molar refractivity (Wildman–Crippen MR) is 47.3 cm³/mol. The second kappa shape index (κ2) is 7.12. The molecule has 0 fully saturated rings. The van der Waals surface area contributed by atoms with Gasteiger partial charge >= 0.3 is 0 Å². The average molecular weight is 179 g/mol. The topological polar surface area (TPSA) is 67.9 Å². The molecule has 0 aliphatic rings. The molecule has 70 valence electrons. The summed E-state index contributed by atoms with van der Waals surface area (Å²) >= 11 is 0. The molecule has 1 amide bonds. The highest BCUT2D eigenvalue weighted by Gasteiger charge is 2.09. The minimum atomic E-state index is 0.00509. The van der Waals surface area contributed by atoms with E-state index in [1.54, 1.807) is 11.8 Å². The molecule has 0 N–H and O–H groups in total. The minimum absolute atomic E-state index is 0.00509. The molecular weight excluding hydrogens is 166 g/mol. The van der Waals surface area contributed by atoms with Crippen LogP contribution in [0.25, 0.3) is 0 Å². The van der Waals surface area contributed by atoms with Gasteiger partial charge in [-0.15, -0.1) is 0 Å². The number of carbonyl (C=O) groups excluding carboxylic acids is 1. The van der Waals surface area contributed by atoms with Crippen molar-refractivity contribution in [3.8, 4) is 12.1 Å². The monoisotopic (exact) mass is 179 g/mol. The van der Waals surface area contributed by atoms with Gasteiger partial charge < -0.3 is 4.90 Å². The number of carbonyl (C=O) groups is 1. The molecule has 0 aromatic rings. The van der Waals surface area contributed by atoms with Crippen LogP contribution in [0.2, 0.25) is 0 Å². The lowest BCUT2D eigenvalue weighted by Crippen LogP contribution is -2.32. The molecular formula is C9H13N3O. The van der Waals surface area contributed by atoms with Gasteiger partial charge in [0, 0.05) is 19.5 Å². The van der Waals surface area contributed by atoms with Crippen LogP contribution in [0.15, 0.2) is 0 Å². The van der Waals surface area contributed by atoms with Crippen molar-refractivity contribution in [2.75, 3.05) is 13.1 Å². The first-order valence-corrected chi connectivity index (χ1v) is 4.28. The van der Waals surface area contributed by atoms with E-state index in [9.17, 15) is 4.79 Å². The van der Waals surface area contributed by atoms with Gasteiger partial charge in [0.15, 0.2) is 0 Å². The fourth-order valence-electron chi connectivity index (χ4n) is 0.955. The van der Waals surface area contributed by atoms with Crippen LogP contribution >= 0.6 is 0 Å². The van der Waals surface area contributed by atoms with Gasteiger partial charge in [-0.1, -0.05) is 6.92 Å². The van der Waals surface area contributed by atoms with E-state index < -0.39 is 0 Å². The van der Waals surface area contributed by atoms with Crippen molar-refractivity contribution < 1.29 is 4.79 Å². The van der Waals surface area contributed by atoms with Gasteiger partial charge in [-0.2, -0.15) is 10.5 Å². The average Bonchev–Trinajstić information content (AvgIpc) is 2.17. The molecule has 0 saturated carbocycles. The molecule has 0 atom stereocenters. The molecule has 0 bridgehead atoms. The molecule has 4 nitrogen and oxygen atoms in total. The molecule has 4 heteroatoms. The van der Waals surface area contributed by atoms with Crippen LogP contribution in [-0.2, 0) is 4.79 Å². The zero-order valence-electron chi connectivity index (χ0n) is 7.79. The molecule has 0 radical (unpaired) electrons. The number of hydrogen-bond acceptors (Lipinski definition) is 3. The fraction of sp³-hybridized carbons (Fsp3) is 0.667. The summed E-state index contributed by atoms with van der Waals surface area (Å²) in [5.74, 6) is 0.00509. The standard InChI is InChI=1S/C9H13N3O/c1-2-9(13)12(7-3-5-10)8-4-6-11/h2-4,7-8H2,1H3. The van der Waals surface area contributed by atoms with Crippen molar-refractivity contribution in [3.05, 3.63) is 0 Å². The van der Waals surface area contributed by atoms with Gasteiger partial charge in [0.2, 0.25) is 5.91 Å². The molecule has 13 heavy (non-hydrogen) atoms.